The zero-order valence-corrected chi connectivity index (χ0v) is 10.1. The second kappa shape index (κ2) is 4.87. The Kier molecular flexibility index (Phi) is 3.27. The first-order valence-electron chi connectivity index (χ1n) is 5.30. The van der Waals surface area contributed by atoms with E-state index in [0.717, 1.165) is 0 Å². The summed E-state index contributed by atoms with van der Waals surface area (Å²) in [6.07, 6.45) is 0. The number of benzene rings is 1. The second-order valence-corrected chi connectivity index (χ2v) is 3.72. The largest absolute Gasteiger partial charge is 0.497 e. The Bertz CT molecular complexity index is 554. The highest BCUT2D eigenvalue weighted by atomic mass is 19.1. The van der Waals surface area contributed by atoms with Crippen molar-refractivity contribution in [1.82, 2.24) is 9.97 Å². The summed E-state index contributed by atoms with van der Waals surface area (Å²) in [6, 6.07) is 6.08. The van der Waals surface area contributed by atoms with Crippen molar-refractivity contribution < 1.29 is 9.13 Å². The van der Waals surface area contributed by atoms with Crippen LogP contribution in [0.2, 0.25) is 0 Å². The molecule has 3 N–H and O–H groups in total. The number of nitrogens with one attached hydrogen (secondary N) is 1. The van der Waals surface area contributed by atoms with Crippen molar-refractivity contribution in [2.45, 2.75) is 6.92 Å². The first-order chi connectivity index (χ1) is 8.58. The van der Waals surface area contributed by atoms with Crippen LogP contribution in [0.1, 0.15) is 5.69 Å². The molecule has 0 fully saturated rings. The lowest BCUT2D eigenvalue weighted by atomic mass is 10.3. The predicted molar refractivity (Wildman–Crippen MR) is 67.4 cm³/mol. The molecule has 1 aromatic carbocycles. The predicted octanol–water partition coefficient (Wildman–Crippen LogP) is 2.26. The summed E-state index contributed by atoms with van der Waals surface area (Å²) >= 11 is 0. The van der Waals surface area contributed by atoms with Gasteiger partial charge in [-0.25, -0.2) is 9.37 Å². The maximum absolute atomic E-state index is 13.6. The average molecular weight is 248 g/mol. The van der Waals surface area contributed by atoms with E-state index < -0.39 is 5.82 Å². The molecule has 0 saturated carbocycles. The lowest BCUT2D eigenvalue weighted by Gasteiger charge is -2.09. The van der Waals surface area contributed by atoms with Crippen LogP contribution in [0, 0.1) is 12.7 Å². The summed E-state index contributed by atoms with van der Waals surface area (Å²) in [5, 5.41) is 2.84. The number of nitrogens with two attached hydrogens (primary N) is 1. The van der Waals surface area contributed by atoms with Gasteiger partial charge in [0.25, 0.3) is 0 Å². The average Bonchev–Trinajstić information content (AvgIpc) is 2.30. The fraction of sp³-hybridized carbons (Fsp3) is 0.167. The van der Waals surface area contributed by atoms with E-state index in [-0.39, 0.29) is 11.6 Å². The van der Waals surface area contributed by atoms with E-state index >= 15 is 0 Å². The molecule has 1 aromatic heterocycles. The smallest absolute Gasteiger partial charge is 0.222 e. The molecule has 94 valence electrons. The molecule has 0 aliphatic rings. The molecule has 0 spiro atoms. The lowest BCUT2D eigenvalue weighted by molar-refractivity contribution is 0.414. The monoisotopic (exact) mass is 248 g/mol. The Morgan fingerprint density at radius 3 is 2.72 bits per heavy atom. The number of rotatable bonds is 3. The van der Waals surface area contributed by atoms with Gasteiger partial charge in [0.15, 0.2) is 0 Å². The van der Waals surface area contributed by atoms with Gasteiger partial charge in [0.05, 0.1) is 12.8 Å². The van der Waals surface area contributed by atoms with Gasteiger partial charge in [0.1, 0.15) is 17.4 Å². The normalized spacial score (nSPS) is 10.2. The number of hydrogen-bond donors (Lipinski definition) is 2. The van der Waals surface area contributed by atoms with Gasteiger partial charge >= 0.3 is 0 Å². The van der Waals surface area contributed by atoms with Crippen LogP contribution in [0.4, 0.5) is 21.8 Å². The third-order valence-electron chi connectivity index (χ3n) is 2.31. The summed E-state index contributed by atoms with van der Waals surface area (Å²) < 4.78 is 18.6. The quantitative estimate of drug-likeness (QED) is 0.871. The van der Waals surface area contributed by atoms with E-state index in [4.69, 9.17) is 10.5 Å². The van der Waals surface area contributed by atoms with E-state index in [2.05, 4.69) is 15.3 Å². The molecule has 18 heavy (non-hydrogen) atoms. The topological polar surface area (TPSA) is 73.1 Å². The standard InChI is InChI=1S/C12H13FN4O/c1-7-5-11(17-12(14)15-7)16-10-6-8(18-2)3-4-9(10)13/h3-6H,1-2H3,(H3,14,15,16,17). The lowest BCUT2D eigenvalue weighted by Crippen LogP contribution is -2.02. The van der Waals surface area contributed by atoms with Crippen molar-refractivity contribution in [3.8, 4) is 5.75 Å². The summed E-state index contributed by atoms with van der Waals surface area (Å²) in [6.45, 7) is 1.78. The zero-order valence-electron chi connectivity index (χ0n) is 10.1. The Morgan fingerprint density at radius 2 is 2.06 bits per heavy atom. The van der Waals surface area contributed by atoms with Crippen LogP contribution in [0.3, 0.4) is 0 Å². The van der Waals surface area contributed by atoms with Gasteiger partial charge in [-0.1, -0.05) is 0 Å². The summed E-state index contributed by atoms with van der Waals surface area (Å²) in [5.74, 6) is 0.733. The number of nitrogens with zero attached hydrogens (tertiary/aromatic N) is 2. The van der Waals surface area contributed by atoms with Gasteiger partial charge < -0.3 is 15.8 Å². The highest BCUT2D eigenvalue weighted by Crippen LogP contribution is 2.24. The van der Waals surface area contributed by atoms with Crippen molar-refractivity contribution in [2.24, 2.45) is 0 Å². The van der Waals surface area contributed by atoms with Crippen LogP contribution in [0.15, 0.2) is 24.3 Å². The summed E-state index contributed by atoms with van der Waals surface area (Å²) in [5.41, 5.74) is 6.50. The molecule has 6 heteroatoms. The Labute approximate surface area is 104 Å². The fourth-order valence-corrected chi connectivity index (χ4v) is 1.52. The van der Waals surface area contributed by atoms with Crippen molar-refractivity contribution in [1.29, 1.82) is 0 Å². The van der Waals surface area contributed by atoms with E-state index in [1.807, 2.05) is 0 Å². The minimum Gasteiger partial charge on any atom is -0.497 e. The maximum Gasteiger partial charge on any atom is 0.222 e. The third kappa shape index (κ3) is 2.65. The van der Waals surface area contributed by atoms with Crippen LogP contribution in [-0.4, -0.2) is 17.1 Å². The van der Waals surface area contributed by atoms with Crippen LogP contribution >= 0.6 is 0 Å². The van der Waals surface area contributed by atoms with Gasteiger partial charge in [-0.3, -0.25) is 0 Å². The van der Waals surface area contributed by atoms with Gasteiger partial charge in [-0.2, -0.15) is 4.98 Å². The molecule has 1 heterocycles. The van der Waals surface area contributed by atoms with Crippen molar-refractivity contribution >= 4 is 17.5 Å². The first kappa shape index (κ1) is 12.1. The van der Waals surface area contributed by atoms with Gasteiger partial charge in [-0.15, -0.1) is 0 Å². The zero-order chi connectivity index (χ0) is 13.1. The number of hydrogen-bond acceptors (Lipinski definition) is 5. The van der Waals surface area contributed by atoms with Crippen LogP contribution in [0.25, 0.3) is 0 Å². The number of halogens is 1. The molecule has 0 amide bonds. The number of nitrogen functional groups attached to an aromatic ring is 1. The van der Waals surface area contributed by atoms with Crippen molar-refractivity contribution in [2.75, 3.05) is 18.2 Å². The molecule has 0 atom stereocenters. The molecule has 0 saturated heterocycles. The molecule has 2 aromatic rings. The molecular formula is C12H13FN4O. The molecule has 0 unspecified atom stereocenters. The summed E-state index contributed by atoms with van der Waals surface area (Å²) in [7, 11) is 1.52. The van der Waals surface area contributed by atoms with Crippen molar-refractivity contribution in [3.05, 3.63) is 35.8 Å². The van der Waals surface area contributed by atoms with E-state index in [9.17, 15) is 4.39 Å². The van der Waals surface area contributed by atoms with Gasteiger partial charge in [0.2, 0.25) is 5.95 Å². The van der Waals surface area contributed by atoms with E-state index in [1.54, 1.807) is 25.1 Å². The highest BCUT2D eigenvalue weighted by molar-refractivity contribution is 5.60. The molecule has 0 aliphatic carbocycles. The number of aryl methyl sites for hydroxylation is 1. The van der Waals surface area contributed by atoms with Crippen LogP contribution in [-0.2, 0) is 0 Å². The molecule has 0 radical (unpaired) electrons. The second-order valence-electron chi connectivity index (χ2n) is 3.72. The molecule has 0 bridgehead atoms. The van der Waals surface area contributed by atoms with E-state index in [1.165, 1.54) is 13.2 Å². The first-order valence-corrected chi connectivity index (χ1v) is 5.30. The number of anilines is 3. The molecular weight excluding hydrogens is 235 g/mol. The SMILES string of the molecule is COc1ccc(F)c(Nc2cc(C)nc(N)n2)c1. The van der Waals surface area contributed by atoms with Crippen LogP contribution in [0.5, 0.6) is 5.75 Å². The Hall–Kier alpha value is -2.37. The molecule has 2 rings (SSSR count). The Morgan fingerprint density at radius 1 is 1.28 bits per heavy atom. The number of methoxy groups -OCH3 is 1. The van der Waals surface area contributed by atoms with Gasteiger partial charge in [0, 0.05) is 17.8 Å². The van der Waals surface area contributed by atoms with E-state index in [0.29, 0.717) is 17.3 Å². The fourth-order valence-electron chi connectivity index (χ4n) is 1.52. The third-order valence-corrected chi connectivity index (χ3v) is 2.31. The number of aromatic nitrogens is 2. The Balaban J connectivity index is 2.33. The maximum atomic E-state index is 13.6. The minimum atomic E-state index is -0.398. The van der Waals surface area contributed by atoms with Gasteiger partial charge in [-0.05, 0) is 19.1 Å². The minimum absolute atomic E-state index is 0.140. The number of ether oxygens (including phenoxy) is 1. The molecule has 5 nitrogen and oxygen atoms in total. The van der Waals surface area contributed by atoms with Crippen LogP contribution < -0.4 is 15.8 Å². The summed E-state index contributed by atoms with van der Waals surface area (Å²) in [4.78, 5) is 7.91. The van der Waals surface area contributed by atoms with Crippen molar-refractivity contribution in [3.63, 3.8) is 0 Å². The highest BCUT2D eigenvalue weighted by Gasteiger charge is 2.06. The molecule has 0 aliphatic heterocycles.